The van der Waals surface area contributed by atoms with Gasteiger partial charge in [0.25, 0.3) is 0 Å². The Hall–Kier alpha value is -2.78. The molecule has 3 aromatic rings. The molecule has 0 unspecified atom stereocenters. The molecular weight excluding hydrogens is 418 g/mol. The van der Waals surface area contributed by atoms with Crippen molar-refractivity contribution in [3.8, 4) is 11.5 Å². The largest absolute Gasteiger partial charge is 0.507 e. The van der Waals surface area contributed by atoms with Crippen molar-refractivity contribution in [2.24, 2.45) is 0 Å². The molecule has 3 rings (SSSR count). The van der Waals surface area contributed by atoms with Gasteiger partial charge in [0.1, 0.15) is 11.5 Å². The van der Waals surface area contributed by atoms with Gasteiger partial charge in [-0.1, -0.05) is 107 Å². The highest BCUT2D eigenvalue weighted by atomic mass is 16.3. The zero-order valence-corrected chi connectivity index (χ0v) is 22.2. The number of rotatable bonds is 6. The Morgan fingerprint density at radius 1 is 0.618 bits per heavy atom. The molecule has 0 radical (unpaired) electrons. The number of hydrogen-bond acceptors (Lipinski definition) is 3. The molecule has 3 nitrogen and oxygen atoms in total. The average molecular weight is 460 g/mol. The van der Waals surface area contributed by atoms with Crippen LogP contribution in [0, 0.1) is 13.8 Å². The molecule has 0 spiro atoms. The number of hydrogen-bond donors (Lipinski definition) is 2. The highest BCUT2D eigenvalue weighted by Gasteiger charge is 2.24. The SMILES string of the molecule is Cc1cc(CN(Cc2ccccc2)Cc2cc(C)cc(C(C)(C)C)c2O)c(O)c(C(C)(C)C)c1. The predicted octanol–water partition coefficient (Wildman–Crippen LogP) is 7.51. The molecule has 3 aromatic carbocycles. The van der Waals surface area contributed by atoms with Crippen LogP contribution in [-0.4, -0.2) is 15.1 Å². The molecular formula is C31H41NO2. The van der Waals surface area contributed by atoms with E-state index in [1.54, 1.807) is 0 Å². The summed E-state index contributed by atoms with van der Waals surface area (Å²) in [4.78, 5) is 2.30. The average Bonchev–Trinajstić information content (AvgIpc) is 2.72. The van der Waals surface area contributed by atoms with Gasteiger partial charge in [0.2, 0.25) is 0 Å². The number of phenols is 2. The summed E-state index contributed by atoms with van der Waals surface area (Å²) in [5.41, 5.74) is 6.97. The van der Waals surface area contributed by atoms with E-state index in [1.807, 2.05) is 6.07 Å². The third-order valence-corrected chi connectivity index (χ3v) is 6.32. The zero-order valence-electron chi connectivity index (χ0n) is 22.2. The summed E-state index contributed by atoms with van der Waals surface area (Å²) in [5.74, 6) is 0.750. The molecule has 0 bridgehead atoms. The number of aromatic hydroxyl groups is 2. The van der Waals surface area contributed by atoms with Crippen LogP contribution in [-0.2, 0) is 30.5 Å². The molecule has 0 aliphatic heterocycles. The lowest BCUT2D eigenvalue weighted by Crippen LogP contribution is -2.24. The summed E-state index contributed by atoms with van der Waals surface area (Å²) >= 11 is 0. The third kappa shape index (κ3) is 6.21. The summed E-state index contributed by atoms with van der Waals surface area (Å²) in [5, 5.41) is 22.4. The van der Waals surface area contributed by atoms with E-state index in [4.69, 9.17) is 0 Å². The first-order valence-corrected chi connectivity index (χ1v) is 12.2. The third-order valence-electron chi connectivity index (χ3n) is 6.32. The van der Waals surface area contributed by atoms with Crippen molar-refractivity contribution in [1.29, 1.82) is 0 Å². The van der Waals surface area contributed by atoms with Gasteiger partial charge < -0.3 is 10.2 Å². The Balaban J connectivity index is 2.04. The normalized spacial score (nSPS) is 12.4. The van der Waals surface area contributed by atoms with E-state index < -0.39 is 0 Å². The molecule has 0 heterocycles. The quantitative estimate of drug-likeness (QED) is 0.401. The maximum Gasteiger partial charge on any atom is 0.123 e. The molecule has 0 aliphatic carbocycles. The Morgan fingerprint density at radius 3 is 1.41 bits per heavy atom. The van der Waals surface area contributed by atoms with Crippen molar-refractivity contribution in [3.05, 3.63) is 93.5 Å². The fraction of sp³-hybridized carbons (Fsp3) is 0.419. The highest BCUT2D eigenvalue weighted by Crippen LogP contribution is 2.37. The minimum atomic E-state index is -0.147. The van der Waals surface area contributed by atoms with Crippen molar-refractivity contribution >= 4 is 0 Å². The fourth-order valence-electron chi connectivity index (χ4n) is 4.58. The number of phenolic OH excluding ortho intramolecular Hbond substituents is 2. The predicted molar refractivity (Wildman–Crippen MR) is 142 cm³/mol. The summed E-state index contributed by atoms with van der Waals surface area (Å²) in [6.45, 7) is 18.8. The Bertz CT molecular complexity index is 1060. The molecule has 0 saturated carbocycles. The summed E-state index contributed by atoms with van der Waals surface area (Å²) in [6.07, 6.45) is 0. The van der Waals surface area contributed by atoms with Gasteiger partial charge in [-0.2, -0.15) is 0 Å². The lowest BCUT2D eigenvalue weighted by Gasteiger charge is -2.28. The molecule has 0 fully saturated rings. The van der Waals surface area contributed by atoms with Crippen molar-refractivity contribution in [2.75, 3.05) is 0 Å². The van der Waals surface area contributed by atoms with Crippen LogP contribution in [0.25, 0.3) is 0 Å². The second kappa shape index (κ2) is 9.84. The van der Waals surface area contributed by atoms with E-state index in [2.05, 4.69) is 109 Å². The van der Waals surface area contributed by atoms with E-state index in [1.165, 1.54) is 5.56 Å². The second-order valence-electron chi connectivity index (χ2n) is 11.8. The van der Waals surface area contributed by atoms with Crippen LogP contribution in [0.2, 0.25) is 0 Å². The van der Waals surface area contributed by atoms with E-state index in [-0.39, 0.29) is 10.8 Å². The maximum absolute atomic E-state index is 11.2. The Labute approximate surface area is 206 Å². The first kappa shape index (κ1) is 25.8. The minimum absolute atomic E-state index is 0.147. The summed E-state index contributed by atoms with van der Waals surface area (Å²) in [6, 6.07) is 18.7. The van der Waals surface area contributed by atoms with E-state index in [0.29, 0.717) is 24.6 Å². The van der Waals surface area contributed by atoms with Gasteiger partial charge in [-0.25, -0.2) is 0 Å². The smallest absolute Gasteiger partial charge is 0.123 e. The van der Waals surface area contributed by atoms with Crippen LogP contribution >= 0.6 is 0 Å². The monoisotopic (exact) mass is 459 g/mol. The van der Waals surface area contributed by atoms with Crippen LogP contribution in [0.1, 0.15) is 80.5 Å². The zero-order chi connectivity index (χ0) is 25.3. The lowest BCUT2D eigenvalue weighted by molar-refractivity contribution is 0.240. The van der Waals surface area contributed by atoms with Crippen LogP contribution in [0.15, 0.2) is 54.6 Å². The molecule has 34 heavy (non-hydrogen) atoms. The standard InChI is InChI=1S/C31H41NO2/c1-21-14-24(28(33)26(16-21)30(3,4)5)19-32(18-23-12-10-9-11-13-23)20-25-15-22(2)17-27(29(25)34)31(6,7)8/h9-17,33-34H,18-20H2,1-8H3. The van der Waals surface area contributed by atoms with Crippen molar-refractivity contribution < 1.29 is 10.2 Å². The number of aryl methyl sites for hydroxylation is 2. The second-order valence-corrected chi connectivity index (χ2v) is 11.8. The number of nitrogens with zero attached hydrogens (tertiary/aromatic N) is 1. The Morgan fingerprint density at radius 2 is 1.03 bits per heavy atom. The van der Waals surface area contributed by atoms with E-state index in [0.717, 1.165) is 39.9 Å². The molecule has 0 aromatic heterocycles. The molecule has 0 saturated heterocycles. The van der Waals surface area contributed by atoms with Crippen LogP contribution in [0.3, 0.4) is 0 Å². The van der Waals surface area contributed by atoms with Crippen molar-refractivity contribution in [3.63, 3.8) is 0 Å². The highest BCUT2D eigenvalue weighted by molar-refractivity contribution is 5.48. The fourth-order valence-corrected chi connectivity index (χ4v) is 4.58. The van der Waals surface area contributed by atoms with Gasteiger partial charge in [-0.15, -0.1) is 0 Å². The van der Waals surface area contributed by atoms with Crippen LogP contribution in [0.5, 0.6) is 11.5 Å². The van der Waals surface area contributed by atoms with E-state index >= 15 is 0 Å². The molecule has 182 valence electrons. The first-order chi connectivity index (χ1) is 15.8. The summed E-state index contributed by atoms with van der Waals surface area (Å²) in [7, 11) is 0. The van der Waals surface area contributed by atoms with Gasteiger partial charge in [0, 0.05) is 30.8 Å². The number of benzene rings is 3. The Kier molecular flexibility index (Phi) is 7.47. The summed E-state index contributed by atoms with van der Waals surface area (Å²) < 4.78 is 0. The van der Waals surface area contributed by atoms with Crippen molar-refractivity contribution in [1.82, 2.24) is 4.90 Å². The van der Waals surface area contributed by atoms with Gasteiger partial charge in [-0.05, 0) is 41.4 Å². The molecule has 0 aliphatic rings. The minimum Gasteiger partial charge on any atom is -0.507 e. The molecule has 2 N–H and O–H groups in total. The molecule has 0 atom stereocenters. The maximum atomic E-state index is 11.2. The van der Waals surface area contributed by atoms with Gasteiger partial charge in [-0.3, -0.25) is 4.90 Å². The topological polar surface area (TPSA) is 43.7 Å². The van der Waals surface area contributed by atoms with Crippen molar-refractivity contribution in [2.45, 2.75) is 85.9 Å². The van der Waals surface area contributed by atoms with Gasteiger partial charge in [0.05, 0.1) is 0 Å². The molecule has 0 amide bonds. The van der Waals surface area contributed by atoms with Crippen LogP contribution < -0.4 is 0 Å². The molecule has 3 heteroatoms. The van der Waals surface area contributed by atoms with Gasteiger partial charge in [0.15, 0.2) is 0 Å². The van der Waals surface area contributed by atoms with Crippen LogP contribution in [0.4, 0.5) is 0 Å². The van der Waals surface area contributed by atoms with Gasteiger partial charge >= 0.3 is 0 Å². The first-order valence-electron chi connectivity index (χ1n) is 12.2. The lowest BCUT2D eigenvalue weighted by atomic mass is 9.83. The van der Waals surface area contributed by atoms with E-state index in [9.17, 15) is 10.2 Å².